The third-order valence-electron chi connectivity index (χ3n) is 5.69. The molecule has 1 aromatic rings. The van der Waals surface area contributed by atoms with Gasteiger partial charge in [-0.05, 0) is 68.4 Å². The van der Waals surface area contributed by atoms with E-state index in [1.807, 2.05) is 0 Å². The number of sulfonamides is 1. The first-order chi connectivity index (χ1) is 10.5. The number of aromatic nitrogens is 1. The highest BCUT2D eigenvalue weighted by atomic mass is 32.2. The van der Waals surface area contributed by atoms with Crippen LogP contribution in [0, 0.1) is 23.2 Å². The second-order valence-corrected chi connectivity index (χ2v) is 9.00. The summed E-state index contributed by atoms with van der Waals surface area (Å²) in [5.41, 5.74) is -0.454. The molecule has 4 aliphatic rings. The fourth-order valence-electron chi connectivity index (χ4n) is 5.18. The van der Waals surface area contributed by atoms with Crippen molar-refractivity contribution < 1.29 is 13.2 Å². The van der Waals surface area contributed by atoms with E-state index in [-0.39, 0.29) is 10.8 Å². The molecular weight excluding hydrogens is 300 g/mol. The molecule has 0 radical (unpaired) electrons. The second kappa shape index (κ2) is 4.78. The lowest BCUT2D eigenvalue weighted by atomic mass is 9.49. The van der Waals surface area contributed by atoms with Gasteiger partial charge in [0.15, 0.2) is 0 Å². The van der Waals surface area contributed by atoms with Crippen molar-refractivity contribution in [1.82, 2.24) is 9.71 Å². The first-order valence-electron chi connectivity index (χ1n) is 7.94. The molecule has 1 N–H and O–H groups in total. The molecule has 4 aliphatic carbocycles. The van der Waals surface area contributed by atoms with Crippen LogP contribution < -0.4 is 4.72 Å². The Labute approximate surface area is 130 Å². The third-order valence-corrected chi connectivity index (χ3v) is 7.01. The Morgan fingerprint density at radius 2 is 1.73 bits per heavy atom. The summed E-state index contributed by atoms with van der Waals surface area (Å²) in [6.07, 6.45) is 9.02. The second-order valence-electron chi connectivity index (χ2n) is 7.32. The average Bonchev–Trinajstić information content (AvgIpc) is 2.46. The lowest BCUT2D eigenvalue weighted by Gasteiger charge is -2.55. The molecule has 1 aromatic heterocycles. The van der Waals surface area contributed by atoms with Crippen molar-refractivity contribution in [2.24, 2.45) is 23.2 Å². The molecule has 4 bridgehead atoms. The van der Waals surface area contributed by atoms with Gasteiger partial charge in [0.25, 0.3) is 10.0 Å². The van der Waals surface area contributed by atoms with E-state index in [2.05, 4.69) is 9.71 Å². The zero-order valence-electron chi connectivity index (χ0n) is 12.4. The maximum atomic E-state index is 12.8. The topological polar surface area (TPSA) is 76.1 Å². The standard InChI is InChI=1S/C16H20N2O3S/c19-15(18-22(20,21)14-2-1-3-17-10-14)16-7-11-4-12(8-16)6-13(5-11)9-16/h1-3,10-13H,4-9H2,(H,18,19). The summed E-state index contributed by atoms with van der Waals surface area (Å²) < 4.78 is 27.1. The van der Waals surface area contributed by atoms with Gasteiger partial charge in [-0.1, -0.05) is 0 Å². The molecule has 4 fully saturated rings. The van der Waals surface area contributed by atoms with Crippen LogP contribution in [0.15, 0.2) is 29.4 Å². The van der Waals surface area contributed by atoms with Crippen molar-refractivity contribution in [3.63, 3.8) is 0 Å². The quantitative estimate of drug-likeness (QED) is 0.925. The summed E-state index contributed by atoms with van der Waals surface area (Å²) in [5.74, 6) is 1.53. The molecular formula is C16H20N2O3S. The number of rotatable bonds is 3. The Balaban J connectivity index is 1.58. The minimum atomic E-state index is -3.82. The van der Waals surface area contributed by atoms with Gasteiger partial charge in [-0.3, -0.25) is 9.78 Å². The number of hydrogen-bond donors (Lipinski definition) is 1. The van der Waals surface area contributed by atoms with Gasteiger partial charge >= 0.3 is 0 Å². The van der Waals surface area contributed by atoms with Gasteiger partial charge < -0.3 is 0 Å². The van der Waals surface area contributed by atoms with Crippen molar-refractivity contribution in [2.45, 2.75) is 43.4 Å². The summed E-state index contributed by atoms with van der Waals surface area (Å²) in [7, 11) is -3.82. The molecule has 5 nitrogen and oxygen atoms in total. The highest BCUT2D eigenvalue weighted by Crippen LogP contribution is 2.60. The minimum Gasteiger partial charge on any atom is -0.273 e. The SMILES string of the molecule is O=C(NS(=O)(=O)c1cccnc1)C12CC3CC(CC(C3)C1)C2. The van der Waals surface area contributed by atoms with Crippen LogP contribution >= 0.6 is 0 Å². The molecule has 1 amide bonds. The van der Waals surface area contributed by atoms with E-state index in [4.69, 9.17) is 0 Å². The Bertz CT molecular complexity index is 664. The van der Waals surface area contributed by atoms with E-state index in [1.54, 1.807) is 6.07 Å². The summed E-state index contributed by atoms with van der Waals surface area (Å²) in [6, 6.07) is 3.02. The number of nitrogens with one attached hydrogen (secondary N) is 1. The van der Waals surface area contributed by atoms with Crippen LogP contribution in [-0.4, -0.2) is 19.3 Å². The smallest absolute Gasteiger partial charge is 0.265 e. The van der Waals surface area contributed by atoms with E-state index in [1.165, 1.54) is 37.7 Å². The summed E-state index contributed by atoms with van der Waals surface area (Å²) in [6.45, 7) is 0. The largest absolute Gasteiger partial charge is 0.273 e. The summed E-state index contributed by atoms with van der Waals surface area (Å²) in [4.78, 5) is 16.6. The molecule has 0 spiro atoms. The molecule has 5 rings (SSSR count). The van der Waals surface area contributed by atoms with E-state index in [0.29, 0.717) is 17.8 Å². The zero-order chi connectivity index (χ0) is 15.4. The van der Waals surface area contributed by atoms with Crippen molar-refractivity contribution in [3.8, 4) is 0 Å². The minimum absolute atomic E-state index is 0.0491. The highest BCUT2D eigenvalue weighted by Gasteiger charge is 2.55. The van der Waals surface area contributed by atoms with E-state index >= 15 is 0 Å². The predicted molar refractivity (Wildman–Crippen MR) is 80.2 cm³/mol. The van der Waals surface area contributed by atoms with Gasteiger partial charge in [-0.25, -0.2) is 13.1 Å². The maximum Gasteiger partial charge on any atom is 0.265 e. The fraction of sp³-hybridized carbons (Fsp3) is 0.625. The first kappa shape index (κ1) is 14.2. The van der Waals surface area contributed by atoms with Crippen LogP contribution in [0.25, 0.3) is 0 Å². The molecule has 118 valence electrons. The van der Waals surface area contributed by atoms with E-state index in [0.717, 1.165) is 19.3 Å². The first-order valence-corrected chi connectivity index (χ1v) is 9.42. The van der Waals surface area contributed by atoms with Crippen molar-refractivity contribution in [2.75, 3.05) is 0 Å². The summed E-state index contributed by atoms with van der Waals surface area (Å²) >= 11 is 0. The van der Waals surface area contributed by atoms with Crippen molar-refractivity contribution in [3.05, 3.63) is 24.5 Å². The van der Waals surface area contributed by atoms with Crippen molar-refractivity contribution in [1.29, 1.82) is 0 Å². The Morgan fingerprint density at radius 3 is 2.23 bits per heavy atom. The van der Waals surface area contributed by atoms with Gasteiger partial charge in [-0.15, -0.1) is 0 Å². The number of hydrogen-bond acceptors (Lipinski definition) is 4. The molecule has 4 saturated carbocycles. The molecule has 1 heterocycles. The summed E-state index contributed by atoms with van der Waals surface area (Å²) in [5, 5.41) is 0. The lowest BCUT2D eigenvalue weighted by Crippen LogP contribution is -2.54. The van der Waals surface area contributed by atoms with Crippen LogP contribution in [0.2, 0.25) is 0 Å². The molecule has 0 unspecified atom stereocenters. The molecule has 0 atom stereocenters. The highest BCUT2D eigenvalue weighted by molar-refractivity contribution is 7.90. The fourth-order valence-corrected chi connectivity index (χ4v) is 6.22. The molecule has 0 saturated heterocycles. The van der Waals surface area contributed by atoms with Gasteiger partial charge in [0.2, 0.25) is 5.91 Å². The third kappa shape index (κ3) is 2.24. The van der Waals surface area contributed by atoms with Gasteiger partial charge in [0.1, 0.15) is 4.90 Å². The number of pyridine rings is 1. The van der Waals surface area contributed by atoms with Crippen LogP contribution in [-0.2, 0) is 14.8 Å². The number of carbonyl (C=O) groups excluding carboxylic acids is 1. The van der Waals surface area contributed by atoms with Gasteiger partial charge in [0.05, 0.1) is 5.41 Å². The number of carbonyl (C=O) groups is 1. The Morgan fingerprint density at radius 1 is 1.14 bits per heavy atom. The Kier molecular flexibility index (Phi) is 3.08. The van der Waals surface area contributed by atoms with Gasteiger partial charge in [0, 0.05) is 12.4 Å². The predicted octanol–water partition coefficient (Wildman–Crippen LogP) is 2.10. The normalized spacial score (nSPS) is 36.3. The number of amides is 1. The van der Waals surface area contributed by atoms with Crippen LogP contribution in [0.5, 0.6) is 0 Å². The van der Waals surface area contributed by atoms with E-state index < -0.39 is 15.4 Å². The van der Waals surface area contributed by atoms with Crippen molar-refractivity contribution >= 4 is 15.9 Å². The Hall–Kier alpha value is -1.43. The molecule has 22 heavy (non-hydrogen) atoms. The lowest BCUT2D eigenvalue weighted by molar-refractivity contribution is -0.144. The average molecular weight is 320 g/mol. The molecule has 6 heteroatoms. The van der Waals surface area contributed by atoms with Crippen LogP contribution in [0.4, 0.5) is 0 Å². The number of nitrogens with zero attached hydrogens (tertiary/aromatic N) is 1. The molecule has 0 aromatic carbocycles. The zero-order valence-corrected chi connectivity index (χ0v) is 13.2. The molecule has 0 aliphatic heterocycles. The maximum absolute atomic E-state index is 12.8. The van der Waals surface area contributed by atoms with Crippen LogP contribution in [0.3, 0.4) is 0 Å². The monoisotopic (exact) mass is 320 g/mol. The van der Waals surface area contributed by atoms with E-state index in [9.17, 15) is 13.2 Å². The van der Waals surface area contributed by atoms with Gasteiger partial charge in [-0.2, -0.15) is 0 Å². The van der Waals surface area contributed by atoms with Crippen LogP contribution in [0.1, 0.15) is 38.5 Å².